The summed E-state index contributed by atoms with van der Waals surface area (Å²) in [6.07, 6.45) is -0.579. The third kappa shape index (κ3) is 7.05. The van der Waals surface area contributed by atoms with Crippen molar-refractivity contribution >= 4 is 34.9 Å². The zero-order valence-corrected chi connectivity index (χ0v) is 26.9. The zero-order valence-electron chi connectivity index (χ0n) is 26.9. The molecule has 1 aromatic heterocycles. The van der Waals surface area contributed by atoms with E-state index in [1.165, 1.54) is 11.8 Å². The van der Waals surface area contributed by atoms with Crippen molar-refractivity contribution in [2.75, 3.05) is 75.2 Å². The number of pyridine rings is 1. The van der Waals surface area contributed by atoms with E-state index >= 15 is 0 Å². The first-order valence-electron chi connectivity index (χ1n) is 15.5. The molecule has 0 aliphatic carbocycles. The number of likely N-dealkylation sites (tertiary alicyclic amines) is 1. The highest BCUT2D eigenvalue weighted by Crippen LogP contribution is 2.41. The van der Waals surface area contributed by atoms with Crippen LogP contribution in [0.4, 0.5) is 30.4 Å². The number of carbonyl (C=O) groups excluding carboxylic acids is 3. The fourth-order valence-corrected chi connectivity index (χ4v) is 6.40. The van der Waals surface area contributed by atoms with Gasteiger partial charge >= 0.3 is 6.18 Å². The monoisotopic (exact) mass is 642 g/mol. The number of hydrogen-bond donors (Lipinski definition) is 0. The van der Waals surface area contributed by atoms with Crippen molar-refractivity contribution < 1.29 is 32.3 Å². The SMILES string of the molecule is Cc1cc(C(F)(F)F)cc(N2C(=O)C[C@@H]3CN(CCCOC4CN(C(=O)/C=C/CN(C)C)C4)c4c(C)cccc4N(C)C(=O)[C@H]32)n1. The van der Waals surface area contributed by atoms with Crippen LogP contribution in [0, 0.1) is 19.8 Å². The predicted octanol–water partition coefficient (Wildman–Crippen LogP) is 3.66. The maximum absolute atomic E-state index is 14.0. The summed E-state index contributed by atoms with van der Waals surface area (Å²) >= 11 is 0. The van der Waals surface area contributed by atoms with E-state index in [4.69, 9.17) is 4.74 Å². The molecule has 3 aliphatic heterocycles. The average molecular weight is 643 g/mol. The number of likely N-dealkylation sites (N-methyl/N-ethyl adjacent to an activating group) is 2. The molecule has 2 aromatic rings. The van der Waals surface area contributed by atoms with Gasteiger partial charge in [0.1, 0.15) is 11.9 Å². The Bertz CT molecular complexity index is 1510. The number of nitrogens with zero attached hydrogens (tertiary/aromatic N) is 6. The number of aromatic nitrogens is 1. The lowest BCUT2D eigenvalue weighted by molar-refractivity contribution is -0.139. The third-order valence-corrected chi connectivity index (χ3v) is 8.69. The molecule has 0 bridgehead atoms. The van der Waals surface area contributed by atoms with Crippen LogP contribution in [0.15, 0.2) is 42.5 Å². The Morgan fingerprint density at radius 2 is 1.87 bits per heavy atom. The first kappa shape index (κ1) is 33.4. The van der Waals surface area contributed by atoms with E-state index in [0.29, 0.717) is 51.4 Å². The van der Waals surface area contributed by atoms with Gasteiger partial charge in [-0.25, -0.2) is 4.98 Å². The molecule has 46 heavy (non-hydrogen) atoms. The molecule has 13 heteroatoms. The molecule has 4 heterocycles. The van der Waals surface area contributed by atoms with E-state index in [9.17, 15) is 27.6 Å². The Kier molecular flexibility index (Phi) is 9.73. The minimum absolute atomic E-state index is 0.00433. The second kappa shape index (κ2) is 13.4. The Morgan fingerprint density at radius 3 is 2.57 bits per heavy atom. The Morgan fingerprint density at radius 1 is 1.13 bits per heavy atom. The highest BCUT2D eigenvalue weighted by atomic mass is 19.4. The van der Waals surface area contributed by atoms with Gasteiger partial charge in [0.25, 0.3) is 0 Å². The van der Waals surface area contributed by atoms with Gasteiger partial charge in [0.05, 0.1) is 23.0 Å². The molecule has 2 atom stereocenters. The third-order valence-electron chi connectivity index (χ3n) is 8.69. The first-order valence-corrected chi connectivity index (χ1v) is 15.5. The number of rotatable bonds is 9. The van der Waals surface area contributed by atoms with Gasteiger partial charge in [-0.2, -0.15) is 13.2 Å². The van der Waals surface area contributed by atoms with Gasteiger partial charge in [-0.3, -0.25) is 19.3 Å². The Hall–Kier alpha value is -3.97. The maximum Gasteiger partial charge on any atom is 0.416 e. The number of amides is 3. The highest BCUT2D eigenvalue weighted by Gasteiger charge is 2.49. The number of para-hydroxylation sites is 1. The van der Waals surface area contributed by atoms with E-state index in [-0.39, 0.29) is 35.9 Å². The van der Waals surface area contributed by atoms with E-state index in [2.05, 4.69) is 9.88 Å². The summed E-state index contributed by atoms with van der Waals surface area (Å²) in [6, 6.07) is 6.43. The van der Waals surface area contributed by atoms with Crippen LogP contribution in [0.5, 0.6) is 0 Å². The van der Waals surface area contributed by atoms with Gasteiger partial charge in [-0.15, -0.1) is 0 Å². The van der Waals surface area contributed by atoms with E-state index < -0.39 is 29.6 Å². The lowest BCUT2D eigenvalue weighted by Gasteiger charge is -2.40. The number of halogens is 3. The largest absolute Gasteiger partial charge is 0.416 e. The van der Waals surface area contributed by atoms with Crippen LogP contribution in [0.2, 0.25) is 0 Å². The lowest BCUT2D eigenvalue weighted by atomic mass is 9.95. The van der Waals surface area contributed by atoms with Crippen molar-refractivity contribution in [3.05, 3.63) is 59.3 Å². The van der Waals surface area contributed by atoms with Crippen molar-refractivity contribution in [1.29, 1.82) is 0 Å². The molecule has 0 radical (unpaired) electrons. The van der Waals surface area contributed by atoms with Crippen LogP contribution in [-0.4, -0.2) is 105 Å². The van der Waals surface area contributed by atoms with Crippen molar-refractivity contribution in [3.8, 4) is 0 Å². The van der Waals surface area contributed by atoms with Gasteiger partial charge in [0.2, 0.25) is 17.7 Å². The van der Waals surface area contributed by atoms with Crippen molar-refractivity contribution in [1.82, 2.24) is 14.8 Å². The van der Waals surface area contributed by atoms with E-state index in [1.54, 1.807) is 18.0 Å². The summed E-state index contributed by atoms with van der Waals surface area (Å²) in [5, 5.41) is 0. The number of fused-ring (bicyclic) bond motifs is 2. The van der Waals surface area contributed by atoms with Gasteiger partial charge in [-0.05, 0) is 58.1 Å². The molecule has 0 N–H and O–H groups in total. The number of carbonyl (C=O) groups is 3. The van der Waals surface area contributed by atoms with Gasteiger partial charge in [-0.1, -0.05) is 18.2 Å². The summed E-state index contributed by atoms with van der Waals surface area (Å²) in [6.45, 7) is 6.56. The molecule has 5 rings (SSSR count). The smallest absolute Gasteiger partial charge is 0.374 e. The number of aryl methyl sites for hydroxylation is 2. The molecular weight excluding hydrogens is 601 g/mol. The van der Waals surface area contributed by atoms with Gasteiger partial charge < -0.3 is 24.3 Å². The molecular formula is C33H41F3N6O4. The number of benzene rings is 1. The molecule has 0 unspecified atom stereocenters. The number of alkyl halides is 3. The highest BCUT2D eigenvalue weighted by molar-refractivity contribution is 6.10. The normalized spacial score (nSPS) is 20.7. The van der Waals surface area contributed by atoms with Crippen molar-refractivity contribution in [2.45, 2.75) is 45.0 Å². The van der Waals surface area contributed by atoms with E-state index in [1.807, 2.05) is 50.2 Å². The van der Waals surface area contributed by atoms with Crippen LogP contribution >= 0.6 is 0 Å². The quantitative estimate of drug-likeness (QED) is 0.305. The molecule has 3 aliphatic rings. The van der Waals surface area contributed by atoms with Crippen molar-refractivity contribution in [2.24, 2.45) is 5.92 Å². The van der Waals surface area contributed by atoms with Crippen LogP contribution in [0.3, 0.4) is 0 Å². The molecule has 0 saturated carbocycles. The van der Waals surface area contributed by atoms with Crippen LogP contribution in [0.25, 0.3) is 0 Å². The molecule has 0 spiro atoms. The van der Waals surface area contributed by atoms with Gasteiger partial charge in [0, 0.05) is 70.5 Å². The minimum atomic E-state index is -4.63. The molecule has 248 valence electrons. The van der Waals surface area contributed by atoms with Crippen molar-refractivity contribution in [3.63, 3.8) is 0 Å². The average Bonchev–Trinajstić information content (AvgIpc) is 3.28. The summed E-state index contributed by atoms with van der Waals surface area (Å²) in [5.74, 6) is -1.48. The second-order valence-corrected chi connectivity index (χ2v) is 12.6. The maximum atomic E-state index is 14.0. The summed E-state index contributed by atoms with van der Waals surface area (Å²) in [4.78, 5) is 52.5. The number of anilines is 3. The van der Waals surface area contributed by atoms with E-state index in [0.717, 1.165) is 28.3 Å². The molecule has 2 fully saturated rings. The molecule has 1 aromatic carbocycles. The number of hydrogen-bond acceptors (Lipinski definition) is 7. The van der Waals surface area contributed by atoms with Gasteiger partial charge in [0.15, 0.2) is 0 Å². The fraction of sp³-hybridized carbons (Fsp3) is 0.515. The Balaban J connectivity index is 1.31. The Labute approximate surface area is 267 Å². The molecule has 10 nitrogen and oxygen atoms in total. The number of ether oxygens (including phenoxy) is 1. The predicted molar refractivity (Wildman–Crippen MR) is 169 cm³/mol. The zero-order chi connectivity index (χ0) is 33.3. The standard InChI is InChI=1S/C33H41F3N6O4/c1-21-9-6-10-26-30(21)40(13-8-14-46-25-19-41(20-25)28(43)11-7-12-38(3)4)18-23-16-29(44)42(31(23)32(45)39(26)5)27-17-24(33(34,35)36)15-22(2)37-27/h6-7,9-11,15,17,23,25,31H,8,12-14,16,18-20H2,1-5H3/b11-7+/t23-,31+/m1/s1. The molecule has 3 amide bonds. The summed E-state index contributed by atoms with van der Waals surface area (Å²) in [7, 11) is 5.51. The van der Waals surface area contributed by atoms with Crippen LogP contribution in [-0.2, 0) is 25.3 Å². The first-order chi connectivity index (χ1) is 21.7. The summed E-state index contributed by atoms with van der Waals surface area (Å²) in [5.41, 5.74) is 1.69. The summed E-state index contributed by atoms with van der Waals surface area (Å²) < 4.78 is 47.1. The molecule has 2 saturated heterocycles. The topological polar surface area (TPSA) is 89.5 Å². The van der Waals surface area contributed by atoms with Crippen LogP contribution in [0.1, 0.15) is 29.7 Å². The van der Waals surface area contributed by atoms with Crippen LogP contribution < -0.4 is 14.7 Å². The fourth-order valence-electron chi connectivity index (χ4n) is 6.40. The minimum Gasteiger partial charge on any atom is -0.374 e. The lowest BCUT2D eigenvalue weighted by Crippen LogP contribution is -2.54. The second-order valence-electron chi connectivity index (χ2n) is 12.6.